The molecule has 0 aliphatic carbocycles. The van der Waals surface area contributed by atoms with E-state index in [1.807, 2.05) is 0 Å². The van der Waals surface area contributed by atoms with Crippen LogP contribution < -0.4 is 4.74 Å². The molecular weight excluding hydrogens is 279 g/mol. The SMILES string of the molecule is [CH2]CCCN1CCC(Oc2ccccc2C(F)(F)F)CC1. The van der Waals surface area contributed by atoms with Crippen LogP contribution in [0.25, 0.3) is 0 Å². The molecule has 1 aromatic carbocycles. The van der Waals surface area contributed by atoms with Crippen LogP contribution in [-0.4, -0.2) is 30.6 Å². The summed E-state index contributed by atoms with van der Waals surface area (Å²) in [6, 6.07) is 5.43. The first-order valence-electron chi connectivity index (χ1n) is 7.35. The molecule has 1 aromatic rings. The van der Waals surface area contributed by atoms with Crippen LogP contribution in [0.15, 0.2) is 24.3 Å². The number of benzene rings is 1. The van der Waals surface area contributed by atoms with Crippen LogP contribution in [0.2, 0.25) is 0 Å². The van der Waals surface area contributed by atoms with Crippen molar-refractivity contribution in [2.75, 3.05) is 19.6 Å². The highest BCUT2D eigenvalue weighted by Crippen LogP contribution is 2.36. The molecule has 2 nitrogen and oxygen atoms in total. The van der Waals surface area contributed by atoms with Crippen LogP contribution in [-0.2, 0) is 6.18 Å². The van der Waals surface area contributed by atoms with E-state index in [0.29, 0.717) is 0 Å². The lowest BCUT2D eigenvalue weighted by molar-refractivity contribution is -0.139. The molecule has 2 rings (SSSR count). The number of alkyl halides is 3. The van der Waals surface area contributed by atoms with Gasteiger partial charge in [0, 0.05) is 13.1 Å². The van der Waals surface area contributed by atoms with E-state index in [1.54, 1.807) is 6.07 Å². The van der Waals surface area contributed by atoms with Gasteiger partial charge >= 0.3 is 6.18 Å². The normalized spacial score (nSPS) is 17.9. The molecule has 0 saturated carbocycles. The van der Waals surface area contributed by atoms with E-state index in [4.69, 9.17) is 4.74 Å². The second-order valence-electron chi connectivity index (χ2n) is 5.36. The van der Waals surface area contributed by atoms with Crippen LogP contribution in [0.5, 0.6) is 5.75 Å². The number of hydrogen-bond acceptors (Lipinski definition) is 2. The van der Waals surface area contributed by atoms with Gasteiger partial charge in [-0.2, -0.15) is 13.2 Å². The van der Waals surface area contributed by atoms with Crippen molar-refractivity contribution in [1.29, 1.82) is 0 Å². The van der Waals surface area contributed by atoms with Crippen molar-refractivity contribution < 1.29 is 17.9 Å². The lowest BCUT2D eigenvalue weighted by atomic mass is 10.1. The van der Waals surface area contributed by atoms with E-state index in [1.165, 1.54) is 12.1 Å². The predicted octanol–water partition coefficient (Wildman–Crippen LogP) is 4.16. The fraction of sp³-hybridized carbons (Fsp3) is 0.562. The summed E-state index contributed by atoms with van der Waals surface area (Å²) in [6.45, 7) is 6.57. The number of rotatable bonds is 5. The maximum Gasteiger partial charge on any atom is 0.419 e. The number of para-hydroxylation sites is 1. The first kappa shape index (κ1) is 16.1. The number of piperidine rings is 1. The lowest BCUT2D eigenvalue weighted by Crippen LogP contribution is -2.38. The predicted molar refractivity (Wildman–Crippen MR) is 76.1 cm³/mol. The Morgan fingerprint density at radius 1 is 1.19 bits per heavy atom. The highest BCUT2D eigenvalue weighted by atomic mass is 19.4. The number of ether oxygens (including phenoxy) is 1. The summed E-state index contributed by atoms with van der Waals surface area (Å²) in [5.41, 5.74) is -0.690. The summed E-state index contributed by atoms with van der Waals surface area (Å²) in [5, 5.41) is 0. The summed E-state index contributed by atoms with van der Waals surface area (Å²) in [6.07, 6.45) is -1.000. The first-order valence-corrected chi connectivity index (χ1v) is 7.35. The van der Waals surface area contributed by atoms with Gasteiger partial charge in [-0.05, 0) is 37.9 Å². The molecule has 0 bridgehead atoms. The van der Waals surface area contributed by atoms with Crippen molar-refractivity contribution in [2.45, 2.75) is 38.0 Å². The van der Waals surface area contributed by atoms with Crippen molar-refractivity contribution >= 4 is 0 Å². The van der Waals surface area contributed by atoms with Gasteiger partial charge in [0.15, 0.2) is 0 Å². The number of likely N-dealkylation sites (tertiary alicyclic amines) is 1. The van der Waals surface area contributed by atoms with Crippen molar-refractivity contribution in [1.82, 2.24) is 4.90 Å². The van der Waals surface area contributed by atoms with Gasteiger partial charge in [0.05, 0.1) is 5.56 Å². The van der Waals surface area contributed by atoms with E-state index in [9.17, 15) is 13.2 Å². The van der Waals surface area contributed by atoms with E-state index < -0.39 is 11.7 Å². The van der Waals surface area contributed by atoms with Crippen molar-refractivity contribution in [3.63, 3.8) is 0 Å². The average Bonchev–Trinajstić information content (AvgIpc) is 2.46. The highest BCUT2D eigenvalue weighted by Gasteiger charge is 2.34. The minimum absolute atomic E-state index is 0.0544. The molecule has 117 valence electrons. The molecule has 0 N–H and O–H groups in total. The Morgan fingerprint density at radius 2 is 1.86 bits per heavy atom. The maximum absolute atomic E-state index is 12.9. The molecule has 1 aliphatic heterocycles. The largest absolute Gasteiger partial charge is 0.490 e. The van der Waals surface area contributed by atoms with Crippen LogP contribution >= 0.6 is 0 Å². The molecule has 1 heterocycles. The number of hydrogen-bond donors (Lipinski definition) is 0. The smallest absolute Gasteiger partial charge is 0.419 e. The minimum atomic E-state index is -4.37. The molecule has 5 heteroatoms. The Balaban J connectivity index is 1.92. The number of halogens is 3. The Morgan fingerprint density at radius 3 is 2.48 bits per heavy atom. The minimum Gasteiger partial charge on any atom is -0.490 e. The third-order valence-corrected chi connectivity index (χ3v) is 3.75. The van der Waals surface area contributed by atoms with Gasteiger partial charge in [0.1, 0.15) is 11.9 Å². The van der Waals surface area contributed by atoms with E-state index >= 15 is 0 Å². The maximum atomic E-state index is 12.9. The first-order chi connectivity index (χ1) is 10.0. The quantitative estimate of drug-likeness (QED) is 0.809. The van der Waals surface area contributed by atoms with Gasteiger partial charge in [-0.1, -0.05) is 25.5 Å². The standard InChI is InChI=1S/C16H21F3NO/c1-2-3-10-20-11-8-13(9-12-20)21-15-7-5-4-6-14(15)16(17,18)19/h4-7,13H,1-3,8-12H2. The van der Waals surface area contributed by atoms with Crippen molar-refractivity contribution in [3.8, 4) is 5.75 Å². The fourth-order valence-corrected chi connectivity index (χ4v) is 2.57. The Bertz CT molecular complexity index is 439. The third-order valence-electron chi connectivity index (χ3n) is 3.75. The molecule has 0 aromatic heterocycles. The van der Waals surface area contributed by atoms with Crippen molar-refractivity contribution in [2.24, 2.45) is 0 Å². The summed E-state index contributed by atoms with van der Waals surface area (Å²) >= 11 is 0. The Hall–Kier alpha value is -1.23. The molecule has 0 atom stereocenters. The van der Waals surface area contributed by atoms with Gasteiger partial charge in [0.25, 0.3) is 0 Å². The topological polar surface area (TPSA) is 12.5 Å². The molecule has 0 unspecified atom stereocenters. The molecule has 21 heavy (non-hydrogen) atoms. The van der Waals surface area contributed by atoms with E-state index in [-0.39, 0.29) is 11.9 Å². The molecule has 1 saturated heterocycles. The fourth-order valence-electron chi connectivity index (χ4n) is 2.57. The summed E-state index contributed by atoms with van der Waals surface area (Å²) in [5.74, 6) is -0.0544. The third kappa shape index (κ3) is 4.63. The van der Waals surface area contributed by atoms with Gasteiger partial charge in [-0.25, -0.2) is 0 Å². The van der Waals surface area contributed by atoms with Gasteiger partial charge < -0.3 is 9.64 Å². The van der Waals surface area contributed by atoms with Gasteiger partial charge in [0.2, 0.25) is 0 Å². The Kier molecular flexibility index (Phi) is 5.51. The lowest BCUT2D eigenvalue weighted by Gasteiger charge is -2.32. The molecular formula is C16H21F3NO. The zero-order valence-corrected chi connectivity index (χ0v) is 12.0. The number of unbranched alkanes of at least 4 members (excludes halogenated alkanes) is 1. The average molecular weight is 300 g/mol. The molecule has 0 spiro atoms. The summed E-state index contributed by atoms with van der Waals surface area (Å²) < 4.78 is 44.3. The van der Waals surface area contributed by atoms with Gasteiger partial charge in [-0.15, -0.1) is 0 Å². The van der Waals surface area contributed by atoms with Crippen LogP contribution in [0.1, 0.15) is 31.2 Å². The van der Waals surface area contributed by atoms with Crippen LogP contribution in [0, 0.1) is 6.92 Å². The van der Waals surface area contributed by atoms with Crippen LogP contribution in [0.3, 0.4) is 0 Å². The molecule has 1 radical (unpaired) electrons. The second kappa shape index (κ2) is 7.16. The summed E-state index contributed by atoms with van der Waals surface area (Å²) in [7, 11) is 0. The molecule has 0 amide bonds. The van der Waals surface area contributed by atoms with E-state index in [2.05, 4.69) is 11.8 Å². The number of nitrogens with zero attached hydrogens (tertiary/aromatic N) is 1. The second-order valence-corrected chi connectivity index (χ2v) is 5.36. The highest BCUT2D eigenvalue weighted by molar-refractivity contribution is 5.35. The zero-order chi connectivity index (χ0) is 15.3. The van der Waals surface area contributed by atoms with Crippen molar-refractivity contribution in [3.05, 3.63) is 36.8 Å². The van der Waals surface area contributed by atoms with E-state index in [0.717, 1.165) is 51.4 Å². The van der Waals surface area contributed by atoms with Gasteiger partial charge in [-0.3, -0.25) is 0 Å². The summed E-state index contributed by atoms with van der Waals surface area (Å²) in [4.78, 5) is 2.32. The zero-order valence-electron chi connectivity index (χ0n) is 12.0. The monoisotopic (exact) mass is 300 g/mol. The molecule has 1 fully saturated rings. The molecule has 1 aliphatic rings. The Labute approximate surface area is 123 Å². The van der Waals surface area contributed by atoms with Crippen LogP contribution in [0.4, 0.5) is 13.2 Å².